The lowest BCUT2D eigenvalue weighted by atomic mass is 10.1. The standard InChI is InChI=1S/C14H13BrClFN2O/c1-3-10-13(15)11(19(2)18-10)7-12(20)8-5-4-6-9(17)14(8)16/h4-6H,3,7H2,1-2H3. The van der Waals surface area contributed by atoms with Crippen molar-refractivity contribution < 1.29 is 9.18 Å². The normalized spacial score (nSPS) is 10.8. The van der Waals surface area contributed by atoms with Crippen LogP contribution < -0.4 is 0 Å². The van der Waals surface area contributed by atoms with E-state index in [0.29, 0.717) is 0 Å². The maximum atomic E-state index is 13.4. The van der Waals surface area contributed by atoms with Gasteiger partial charge in [-0.3, -0.25) is 9.48 Å². The Balaban J connectivity index is 2.33. The molecule has 1 aromatic heterocycles. The summed E-state index contributed by atoms with van der Waals surface area (Å²) in [6, 6.07) is 4.23. The molecule has 3 nitrogen and oxygen atoms in total. The Morgan fingerprint density at radius 3 is 2.80 bits per heavy atom. The molecule has 0 aliphatic rings. The minimum atomic E-state index is -0.587. The number of halogens is 3. The number of ketones is 1. The van der Waals surface area contributed by atoms with Crippen molar-refractivity contribution in [1.29, 1.82) is 0 Å². The summed E-state index contributed by atoms with van der Waals surface area (Å²) in [5, 5.41) is 4.19. The molecule has 6 heteroatoms. The lowest BCUT2D eigenvalue weighted by molar-refractivity contribution is 0.0990. The quantitative estimate of drug-likeness (QED) is 0.774. The number of hydrogen-bond donors (Lipinski definition) is 0. The summed E-state index contributed by atoms with van der Waals surface area (Å²) in [6.45, 7) is 1.99. The fraction of sp³-hybridized carbons (Fsp3) is 0.286. The molecule has 2 rings (SSSR count). The molecule has 0 aliphatic heterocycles. The summed E-state index contributed by atoms with van der Waals surface area (Å²) >= 11 is 9.29. The molecule has 0 saturated heterocycles. The largest absolute Gasteiger partial charge is 0.294 e. The van der Waals surface area contributed by atoms with E-state index >= 15 is 0 Å². The summed E-state index contributed by atoms with van der Waals surface area (Å²) in [6.07, 6.45) is 0.886. The molecular weight excluding hydrogens is 347 g/mol. The van der Waals surface area contributed by atoms with Crippen molar-refractivity contribution in [2.24, 2.45) is 7.05 Å². The summed E-state index contributed by atoms with van der Waals surface area (Å²) in [7, 11) is 1.78. The van der Waals surface area contributed by atoms with Gasteiger partial charge in [-0.05, 0) is 34.5 Å². The fourth-order valence-electron chi connectivity index (χ4n) is 1.98. The lowest BCUT2D eigenvalue weighted by Gasteiger charge is -2.05. The smallest absolute Gasteiger partial charge is 0.170 e. The van der Waals surface area contributed by atoms with Gasteiger partial charge in [0.2, 0.25) is 0 Å². The van der Waals surface area contributed by atoms with Crippen LogP contribution in [0.4, 0.5) is 4.39 Å². The van der Waals surface area contributed by atoms with Gasteiger partial charge in [0.15, 0.2) is 5.78 Å². The van der Waals surface area contributed by atoms with Gasteiger partial charge in [0.05, 0.1) is 27.3 Å². The second kappa shape index (κ2) is 6.06. The third-order valence-electron chi connectivity index (χ3n) is 3.08. The average Bonchev–Trinajstić information content (AvgIpc) is 2.69. The van der Waals surface area contributed by atoms with Crippen LogP contribution in [0.1, 0.15) is 28.7 Å². The van der Waals surface area contributed by atoms with Crippen molar-refractivity contribution in [3.63, 3.8) is 0 Å². The Morgan fingerprint density at radius 1 is 1.50 bits per heavy atom. The third kappa shape index (κ3) is 2.79. The molecular formula is C14H13BrClFN2O. The first kappa shape index (κ1) is 15.2. The maximum absolute atomic E-state index is 13.4. The molecule has 0 aliphatic carbocycles. The van der Waals surface area contributed by atoms with Gasteiger partial charge in [-0.2, -0.15) is 5.10 Å². The minimum Gasteiger partial charge on any atom is -0.294 e. The van der Waals surface area contributed by atoms with E-state index in [4.69, 9.17) is 11.6 Å². The maximum Gasteiger partial charge on any atom is 0.170 e. The van der Waals surface area contributed by atoms with Crippen molar-refractivity contribution in [1.82, 2.24) is 9.78 Å². The SMILES string of the molecule is CCc1nn(C)c(CC(=O)c2cccc(F)c2Cl)c1Br. The highest BCUT2D eigenvalue weighted by Gasteiger charge is 2.19. The van der Waals surface area contributed by atoms with E-state index in [9.17, 15) is 9.18 Å². The predicted octanol–water partition coefficient (Wildman–Crippen LogP) is 3.96. The van der Waals surface area contributed by atoms with Crippen LogP contribution in [0.2, 0.25) is 5.02 Å². The Kier molecular flexibility index (Phi) is 4.60. The van der Waals surface area contributed by atoms with Gasteiger partial charge in [-0.1, -0.05) is 24.6 Å². The van der Waals surface area contributed by atoms with Crippen LogP contribution in [-0.2, 0) is 19.9 Å². The predicted molar refractivity (Wildman–Crippen MR) is 79.7 cm³/mol. The number of carbonyl (C=O) groups excluding carboxylic acids is 1. The third-order valence-corrected chi connectivity index (χ3v) is 4.38. The highest BCUT2D eigenvalue weighted by molar-refractivity contribution is 9.10. The first-order chi connectivity index (χ1) is 9.45. The Bertz CT molecular complexity index is 669. The topological polar surface area (TPSA) is 34.9 Å². The number of hydrogen-bond acceptors (Lipinski definition) is 2. The van der Waals surface area contributed by atoms with Gasteiger partial charge >= 0.3 is 0 Å². The zero-order valence-electron chi connectivity index (χ0n) is 11.1. The molecule has 1 heterocycles. The molecule has 0 spiro atoms. The van der Waals surface area contributed by atoms with Crippen molar-refractivity contribution in [2.45, 2.75) is 19.8 Å². The first-order valence-electron chi connectivity index (χ1n) is 6.13. The van der Waals surface area contributed by atoms with Gasteiger partial charge in [-0.15, -0.1) is 0 Å². The number of aromatic nitrogens is 2. The summed E-state index contributed by atoms with van der Waals surface area (Å²) in [5.74, 6) is -0.823. The monoisotopic (exact) mass is 358 g/mol. The summed E-state index contributed by atoms with van der Waals surface area (Å²) in [5.41, 5.74) is 1.84. The first-order valence-corrected chi connectivity index (χ1v) is 7.30. The van der Waals surface area contributed by atoms with Crippen LogP contribution in [0, 0.1) is 5.82 Å². The van der Waals surface area contributed by atoms with Crippen LogP contribution in [0.5, 0.6) is 0 Å². The number of benzene rings is 1. The summed E-state index contributed by atoms with van der Waals surface area (Å²) in [4.78, 5) is 12.3. The highest BCUT2D eigenvalue weighted by Crippen LogP contribution is 2.25. The van der Waals surface area contributed by atoms with Crippen LogP contribution in [0.25, 0.3) is 0 Å². The number of carbonyl (C=O) groups is 1. The van der Waals surface area contributed by atoms with E-state index in [1.807, 2.05) is 6.92 Å². The molecule has 0 saturated carbocycles. The van der Waals surface area contributed by atoms with Crippen LogP contribution in [-0.4, -0.2) is 15.6 Å². The Morgan fingerprint density at radius 2 is 2.20 bits per heavy atom. The number of rotatable bonds is 4. The zero-order valence-corrected chi connectivity index (χ0v) is 13.4. The molecule has 0 atom stereocenters. The van der Waals surface area contributed by atoms with E-state index in [2.05, 4.69) is 21.0 Å². The lowest BCUT2D eigenvalue weighted by Crippen LogP contribution is -2.09. The van der Waals surface area contributed by atoms with Gasteiger partial charge in [0.1, 0.15) is 5.82 Å². The molecule has 0 unspecified atom stereocenters. The number of aryl methyl sites for hydroxylation is 2. The minimum absolute atomic E-state index is 0.118. The molecule has 0 amide bonds. The van der Waals surface area contributed by atoms with E-state index in [0.717, 1.165) is 22.3 Å². The van der Waals surface area contributed by atoms with Crippen LogP contribution in [0.15, 0.2) is 22.7 Å². The molecule has 1 aromatic carbocycles. The Hall–Kier alpha value is -1.20. The second-order valence-electron chi connectivity index (χ2n) is 4.39. The molecule has 0 N–H and O–H groups in total. The van der Waals surface area contributed by atoms with E-state index in [1.54, 1.807) is 11.7 Å². The molecule has 0 radical (unpaired) electrons. The molecule has 0 bridgehead atoms. The number of Topliss-reactive ketones (excluding diaryl/α,β-unsaturated/α-hetero) is 1. The van der Waals surface area contributed by atoms with Crippen molar-refractivity contribution in [3.8, 4) is 0 Å². The highest BCUT2D eigenvalue weighted by atomic mass is 79.9. The van der Waals surface area contributed by atoms with Crippen LogP contribution in [0.3, 0.4) is 0 Å². The molecule has 106 valence electrons. The van der Waals surface area contributed by atoms with Crippen LogP contribution >= 0.6 is 27.5 Å². The van der Waals surface area contributed by atoms with Gasteiger partial charge in [-0.25, -0.2) is 4.39 Å². The Labute approximate surface area is 129 Å². The van der Waals surface area contributed by atoms with Crippen molar-refractivity contribution in [3.05, 3.63) is 50.5 Å². The molecule has 20 heavy (non-hydrogen) atoms. The van der Waals surface area contributed by atoms with Gasteiger partial charge < -0.3 is 0 Å². The van der Waals surface area contributed by atoms with Gasteiger partial charge in [0, 0.05) is 12.6 Å². The van der Waals surface area contributed by atoms with E-state index in [-0.39, 0.29) is 22.8 Å². The van der Waals surface area contributed by atoms with Crippen molar-refractivity contribution in [2.75, 3.05) is 0 Å². The fourth-order valence-corrected chi connectivity index (χ4v) is 2.97. The molecule has 0 fully saturated rings. The van der Waals surface area contributed by atoms with E-state index < -0.39 is 5.82 Å². The van der Waals surface area contributed by atoms with Gasteiger partial charge in [0.25, 0.3) is 0 Å². The second-order valence-corrected chi connectivity index (χ2v) is 5.56. The summed E-state index contributed by atoms with van der Waals surface area (Å²) < 4.78 is 15.9. The van der Waals surface area contributed by atoms with E-state index in [1.165, 1.54) is 18.2 Å². The zero-order chi connectivity index (χ0) is 14.9. The van der Waals surface area contributed by atoms with Crippen molar-refractivity contribution >= 4 is 33.3 Å². The number of nitrogens with zero attached hydrogens (tertiary/aromatic N) is 2. The average molecular weight is 360 g/mol. The molecule has 2 aromatic rings.